The van der Waals surface area contributed by atoms with Gasteiger partial charge in [0, 0.05) is 12.7 Å². The number of alkyl halides is 3. The summed E-state index contributed by atoms with van der Waals surface area (Å²) in [5.74, 6) is -1.25. The quantitative estimate of drug-likeness (QED) is 0.731. The van der Waals surface area contributed by atoms with Crippen LogP contribution in [-0.2, 0) is 25.5 Å². The average molecular weight is 432 g/mol. The third-order valence-electron chi connectivity index (χ3n) is 5.19. The Balaban J connectivity index is 1.93. The number of carbonyl (C=O) groups excluding carboxylic acids is 1. The second kappa shape index (κ2) is 7.55. The van der Waals surface area contributed by atoms with Gasteiger partial charge in [-0.05, 0) is 31.5 Å². The number of hydrogen-bond donors (Lipinski definition) is 0. The van der Waals surface area contributed by atoms with Crippen molar-refractivity contribution < 1.29 is 31.1 Å². The first-order valence-electron chi connectivity index (χ1n) is 9.12. The van der Waals surface area contributed by atoms with Crippen LogP contribution in [0.3, 0.4) is 0 Å². The van der Waals surface area contributed by atoms with Gasteiger partial charge in [-0.1, -0.05) is 12.1 Å². The van der Waals surface area contributed by atoms with Gasteiger partial charge >= 0.3 is 6.18 Å². The van der Waals surface area contributed by atoms with Crippen LogP contribution in [0.4, 0.5) is 13.2 Å². The van der Waals surface area contributed by atoms with Gasteiger partial charge < -0.3 is 14.5 Å². The summed E-state index contributed by atoms with van der Waals surface area (Å²) < 4.78 is 67.7. The largest absolute Gasteiger partial charge is 0.496 e. The third-order valence-corrected chi connectivity index (χ3v) is 5.97. The van der Waals surface area contributed by atoms with E-state index in [1.165, 1.54) is 23.3 Å². The van der Waals surface area contributed by atoms with Crippen LogP contribution in [0.15, 0.2) is 36.2 Å². The third kappa shape index (κ3) is 4.68. The number of halogens is 3. The van der Waals surface area contributed by atoms with Gasteiger partial charge in [0.05, 0.1) is 36.0 Å². The summed E-state index contributed by atoms with van der Waals surface area (Å²) in [5, 5.41) is 0. The number of hydrogen-bond acceptors (Lipinski definition) is 5. The van der Waals surface area contributed by atoms with Crippen molar-refractivity contribution in [1.82, 2.24) is 9.80 Å². The smallest absolute Gasteiger partial charge is 0.416 e. The molecule has 3 rings (SSSR count). The Morgan fingerprint density at radius 1 is 1.24 bits per heavy atom. The van der Waals surface area contributed by atoms with E-state index >= 15 is 0 Å². The summed E-state index contributed by atoms with van der Waals surface area (Å²) in [6.07, 6.45) is -1.65. The SMILES string of the molecule is CC1C[C@@H]2C(=O)N(CS(C)(=O)=O)CN(C(C)c3ccc(C(F)(F)F)cc3)C2=CO1. The minimum atomic E-state index is -4.42. The van der Waals surface area contributed by atoms with Crippen molar-refractivity contribution in [3.05, 3.63) is 47.4 Å². The molecule has 160 valence electrons. The van der Waals surface area contributed by atoms with E-state index in [0.717, 1.165) is 18.4 Å². The van der Waals surface area contributed by atoms with E-state index < -0.39 is 39.4 Å². The molecule has 0 saturated carbocycles. The van der Waals surface area contributed by atoms with Crippen molar-refractivity contribution in [2.45, 2.75) is 38.6 Å². The lowest BCUT2D eigenvalue weighted by molar-refractivity contribution is -0.143. The van der Waals surface area contributed by atoms with Crippen LogP contribution in [0.1, 0.15) is 37.4 Å². The average Bonchev–Trinajstić information content (AvgIpc) is 2.62. The number of ether oxygens (including phenoxy) is 1. The molecule has 29 heavy (non-hydrogen) atoms. The highest BCUT2D eigenvalue weighted by molar-refractivity contribution is 7.90. The van der Waals surface area contributed by atoms with Gasteiger partial charge in [-0.25, -0.2) is 8.42 Å². The minimum Gasteiger partial charge on any atom is -0.496 e. The Labute approximate surface area is 167 Å². The molecule has 1 aromatic carbocycles. The van der Waals surface area contributed by atoms with Gasteiger partial charge in [0.2, 0.25) is 5.91 Å². The maximum absolute atomic E-state index is 12.9. The zero-order chi connectivity index (χ0) is 21.6. The van der Waals surface area contributed by atoms with E-state index in [1.54, 1.807) is 6.92 Å². The Morgan fingerprint density at radius 2 is 1.86 bits per heavy atom. The molecule has 0 aromatic heterocycles. The first kappa shape index (κ1) is 21.5. The molecule has 10 heteroatoms. The number of benzene rings is 1. The molecule has 3 atom stereocenters. The van der Waals surface area contributed by atoms with Crippen molar-refractivity contribution in [3.8, 4) is 0 Å². The molecule has 0 spiro atoms. The topological polar surface area (TPSA) is 66.9 Å². The van der Waals surface area contributed by atoms with Crippen molar-refractivity contribution in [3.63, 3.8) is 0 Å². The number of fused-ring (bicyclic) bond motifs is 1. The predicted molar refractivity (Wildman–Crippen MR) is 99.9 cm³/mol. The molecular formula is C19H23F3N2O4S. The van der Waals surface area contributed by atoms with E-state index in [0.29, 0.717) is 17.7 Å². The standard InChI is InChI=1S/C19H23F3N2O4S/c1-12-8-16-17(9-28-12)24(10-23(18(16)25)11-29(3,26)27)13(2)14-4-6-15(7-5-14)19(20,21)22/h4-7,9,12-13,16H,8,10-11H2,1-3H3/t12?,13?,16-/m0/s1. The zero-order valence-corrected chi connectivity index (χ0v) is 17.1. The molecule has 1 fully saturated rings. The fourth-order valence-corrected chi connectivity index (χ4v) is 4.47. The summed E-state index contributed by atoms with van der Waals surface area (Å²) >= 11 is 0. The molecular weight excluding hydrogens is 409 g/mol. The fourth-order valence-electron chi connectivity index (χ4n) is 3.69. The highest BCUT2D eigenvalue weighted by Crippen LogP contribution is 2.38. The molecule has 2 aliphatic heterocycles. The van der Waals surface area contributed by atoms with Crippen LogP contribution < -0.4 is 0 Å². The zero-order valence-electron chi connectivity index (χ0n) is 16.3. The van der Waals surface area contributed by atoms with Gasteiger partial charge in [0.15, 0.2) is 9.84 Å². The fraction of sp³-hybridized carbons (Fsp3) is 0.526. The maximum Gasteiger partial charge on any atom is 0.416 e. The van der Waals surface area contributed by atoms with Crippen LogP contribution in [-0.4, -0.2) is 49.0 Å². The van der Waals surface area contributed by atoms with Gasteiger partial charge in [-0.3, -0.25) is 4.79 Å². The van der Waals surface area contributed by atoms with Crippen LogP contribution >= 0.6 is 0 Å². The Bertz CT molecular complexity index is 912. The van der Waals surface area contributed by atoms with Crippen molar-refractivity contribution in [2.75, 3.05) is 18.8 Å². The molecule has 0 N–H and O–H groups in total. The minimum absolute atomic E-state index is 0.00810. The van der Waals surface area contributed by atoms with Crippen LogP contribution in [0.25, 0.3) is 0 Å². The summed E-state index contributed by atoms with van der Waals surface area (Å²) in [4.78, 5) is 15.9. The summed E-state index contributed by atoms with van der Waals surface area (Å²) in [6, 6.07) is 4.43. The molecule has 2 aliphatic rings. The Hall–Kier alpha value is -2.23. The highest BCUT2D eigenvalue weighted by Gasteiger charge is 2.42. The van der Waals surface area contributed by atoms with Crippen molar-refractivity contribution in [1.29, 1.82) is 0 Å². The second-order valence-electron chi connectivity index (χ2n) is 7.62. The molecule has 1 saturated heterocycles. The van der Waals surface area contributed by atoms with E-state index in [4.69, 9.17) is 4.74 Å². The number of carbonyl (C=O) groups is 1. The molecule has 2 unspecified atom stereocenters. The molecule has 0 bridgehead atoms. The molecule has 2 heterocycles. The predicted octanol–water partition coefficient (Wildman–Crippen LogP) is 3.14. The Kier molecular flexibility index (Phi) is 5.59. The second-order valence-corrected chi connectivity index (χ2v) is 9.73. The summed E-state index contributed by atoms with van der Waals surface area (Å²) in [6.45, 7) is 3.63. The van der Waals surface area contributed by atoms with Crippen LogP contribution in [0.5, 0.6) is 0 Å². The van der Waals surface area contributed by atoms with Crippen molar-refractivity contribution >= 4 is 15.7 Å². The lowest BCUT2D eigenvalue weighted by Crippen LogP contribution is -2.55. The number of amides is 1. The lowest BCUT2D eigenvalue weighted by Gasteiger charge is -2.47. The molecule has 0 aliphatic carbocycles. The van der Waals surface area contributed by atoms with E-state index in [1.807, 2.05) is 11.8 Å². The van der Waals surface area contributed by atoms with Crippen LogP contribution in [0.2, 0.25) is 0 Å². The molecule has 1 aromatic rings. The number of sulfone groups is 1. The first-order valence-corrected chi connectivity index (χ1v) is 11.2. The number of nitrogens with zero attached hydrogens (tertiary/aromatic N) is 2. The monoisotopic (exact) mass is 432 g/mol. The van der Waals surface area contributed by atoms with Gasteiger partial charge in [0.1, 0.15) is 12.1 Å². The normalized spacial score (nSPS) is 23.9. The first-order chi connectivity index (χ1) is 13.4. The van der Waals surface area contributed by atoms with E-state index in [9.17, 15) is 26.4 Å². The lowest BCUT2D eigenvalue weighted by atomic mass is 9.91. The maximum atomic E-state index is 12.9. The van der Waals surface area contributed by atoms with Crippen molar-refractivity contribution in [2.24, 2.45) is 5.92 Å². The molecule has 0 radical (unpaired) electrons. The molecule has 1 amide bonds. The number of rotatable bonds is 4. The van der Waals surface area contributed by atoms with Crippen LogP contribution in [0, 0.1) is 5.92 Å². The van der Waals surface area contributed by atoms with E-state index in [-0.39, 0.29) is 18.7 Å². The molecule has 6 nitrogen and oxygen atoms in total. The summed E-state index contributed by atoms with van der Waals surface area (Å²) in [5.41, 5.74) is 0.489. The van der Waals surface area contributed by atoms with E-state index in [2.05, 4.69) is 0 Å². The summed E-state index contributed by atoms with van der Waals surface area (Å²) in [7, 11) is -3.44. The van der Waals surface area contributed by atoms with Gasteiger partial charge in [-0.2, -0.15) is 13.2 Å². The Morgan fingerprint density at radius 3 is 2.41 bits per heavy atom. The van der Waals surface area contributed by atoms with Gasteiger partial charge in [0.25, 0.3) is 0 Å². The highest BCUT2D eigenvalue weighted by atomic mass is 32.2. The van der Waals surface area contributed by atoms with Gasteiger partial charge in [-0.15, -0.1) is 0 Å².